The lowest BCUT2D eigenvalue weighted by Gasteiger charge is -2.09. The summed E-state index contributed by atoms with van der Waals surface area (Å²) < 4.78 is 27.6. The summed E-state index contributed by atoms with van der Waals surface area (Å²) in [6.07, 6.45) is 0.358. The van der Waals surface area contributed by atoms with Crippen LogP contribution in [0.25, 0.3) is 16.0 Å². The fraction of sp³-hybridized carbons (Fsp3) is 0.100. The second-order valence-corrected chi connectivity index (χ2v) is 7.46. The number of pyridine rings is 1. The molecule has 0 radical (unpaired) electrons. The van der Waals surface area contributed by atoms with Crippen molar-refractivity contribution in [3.05, 3.63) is 83.8 Å². The first-order valence-corrected chi connectivity index (χ1v) is 9.68. The molecular formula is C20H17N3O3S. The summed E-state index contributed by atoms with van der Waals surface area (Å²) in [5, 5.41) is 8.98. The third kappa shape index (κ3) is 4.50. The molecule has 0 unspecified atom stereocenters. The normalized spacial score (nSPS) is 11.0. The Balaban J connectivity index is 1.80. The number of nitrogens with one attached hydrogen (secondary N) is 1. The lowest BCUT2D eigenvalue weighted by Crippen LogP contribution is -2.14. The molecule has 6 nitrogen and oxygen atoms in total. The fourth-order valence-electron chi connectivity index (χ4n) is 2.54. The van der Waals surface area contributed by atoms with Gasteiger partial charge in [-0.25, -0.2) is 18.2 Å². The van der Waals surface area contributed by atoms with Gasteiger partial charge in [-0.15, -0.1) is 0 Å². The zero-order valence-electron chi connectivity index (χ0n) is 14.3. The number of anilines is 1. The van der Waals surface area contributed by atoms with E-state index in [4.69, 9.17) is 11.7 Å². The highest BCUT2D eigenvalue weighted by Crippen LogP contribution is 2.24. The van der Waals surface area contributed by atoms with Gasteiger partial charge in [-0.3, -0.25) is 4.72 Å². The second kappa shape index (κ2) is 7.99. The molecule has 3 aromatic rings. The van der Waals surface area contributed by atoms with E-state index in [1.807, 2.05) is 12.1 Å². The van der Waals surface area contributed by atoms with Crippen LogP contribution in [0.4, 0.5) is 11.5 Å². The maximum absolute atomic E-state index is 12.6. The molecule has 0 bridgehead atoms. The van der Waals surface area contributed by atoms with Crippen LogP contribution in [0.3, 0.4) is 0 Å². The number of benzene rings is 2. The van der Waals surface area contributed by atoms with Gasteiger partial charge < -0.3 is 5.11 Å². The average molecular weight is 379 g/mol. The molecule has 0 saturated carbocycles. The van der Waals surface area contributed by atoms with Crippen molar-refractivity contribution in [3.63, 3.8) is 0 Å². The topological polar surface area (TPSA) is 83.7 Å². The van der Waals surface area contributed by atoms with Crippen LogP contribution in [-0.2, 0) is 16.4 Å². The lowest BCUT2D eigenvalue weighted by molar-refractivity contribution is 0.298. The van der Waals surface area contributed by atoms with Crippen molar-refractivity contribution in [1.29, 1.82) is 0 Å². The van der Waals surface area contributed by atoms with E-state index >= 15 is 0 Å². The number of aliphatic hydroxyl groups excluding tert-OH is 1. The van der Waals surface area contributed by atoms with Crippen molar-refractivity contribution in [3.8, 4) is 11.1 Å². The summed E-state index contributed by atoms with van der Waals surface area (Å²) in [4.78, 5) is 7.66. The van der Waals surface area contributed by atoms with Crippen LogP contribution in [0.2, 0.25) is 0 Å². The van der Waals surface area contributed by atoms with Gasteiger partial charge in [0.15, 0.2) is 5.69 Å². The number of hydrogen-bond acceptors (Lipinski definition) is 4. The molecule has 0 atom stereocenters. The zero-order chi connectivity index (χ0) is 19.3. The molecular weight excluding hydrogens is 362 g/mol. The molecule has 0 aliphatic heterocycles. The third-order valence-corrected chi connectivity index (χ3v) is 5.28. The minimum atomic E-state index is -3.77. The largest absolute Gasteiger partial charge is 0.396 e. The van der Waals surface area contributed by atoms with Gasteiger partial charge in [-0.05, 0) is 35.4 Å². The van der Waals surface area contributed by atoms with Crippen LogP contribution >= 0.6 is 0 Å². The Hall–Kier alpha value is -3.21. The molecule has 0 fully saturated rings. The van der Waals surface area contributed by atoms with E-state index in [0.717, 1.165) is 11.1 Å². The molecule has 1 heterocycles. The van der Waals surface area contributed by atoms with Gasteiger partial charge >= 0.3 is 0 Å². The van der Waals surface area contributed by atoms with Crippen LogP contribution < -0.4 is 4.72 Å². The third-order valence-electron chi connectivity index (χ3n) is 3.91. The highest BCUT2D eigenvalue weighted by Gasteiger charge is 2.15. The molecule has 2 N–H and O–H groups in total. The minimum absolute atomic E-state index is 0.0540. The molecule has 0 spiro atoms. The van der Waals surface area contributed by atoms with E-state index in [2.05, 4.69) is 14.6 Å². The van der Waals surface area contributed by atoms with Gasteiger partial charge in [0.2, 0.25) is 0 Å². The maximum Gasteiger partial charge on any atom is 0.263 e. The Morgan fingerprint density at radius 2 is 1.59 bits per heavy atom. The summed E-state index contributed by atoms with van der Waals surface area (Å²) in [6.45, 7) is 6.92. The van der Waals surface area contributed by atoms with Gasteiger partial charge in [0, 0.05) is 18.7 Å². The number of aromatic nitrogens is 1. The quantitative estimate of drug-likeness (QED) is 0.641. The molecule has 2 aromatic carbocycles. The minimum Gasteiger partial charge on any atom is -0.396 e. The van der Waals surface area contributed by atoms with Crippen LogP contribution in [0.5, 0.6) is 0 Å². The SMILES string of the molecule is [C-]#[N+]c1ccc(-c2ccc(S(=O)(=O)Nc3cccc(CCO)n3)cc2)cc1. The van der Waals surface area contributed by atoms with E-state index in [-0.39, 0.29) is 17.3 Å². The monoisotopic (exact) mass is 379 g/mol. The van der Waals surface area contributed by atoms with Crippen molar-refractivity contribution < 1.29 is 13.5 Å². The number of aliphatic hydroxyl groups is 1. The Morgan fingerprint density at radius 3 is 2.19 bits per heavy atom. The average Bonchev–Trinajstić information content (AvgIpc) is 2.68. The number of sulfonamides is 1. The zero-order valence-corrected chi connectivity index (χ0v) is 15.1. The first kappa shape index (κ1) is 18.6. The highest BCUT2D eigenvalue weighted by atomic mass is 32.2. The Labute approximate surface area is 158 Å². The first-order valence-electron chi connectivity index (χ1n) is 8.19. The van der Waals surface area contributed by atoms with Crippen molar-refractivity contribution >= 4 is 21.5 Å². The van der Waals surface area contributed by atoms with Crippen LogP contribution in [0.1, 0.15) is 5.69 Å². The fourth-order valence-corrected chi connectivity index (χ4v) is 3.54. The molecule has 27 heavy (non-hydrogen) atoms. The van der Waals surface area contributed by atoms with Crippen molar-refractivity contribution in [1.82, 2.24) is 4.98 Å². The smallest absolute Gasteiger partial charge is 0.263 e. The Kier molecular flexibility index (Phi) is 5.50. The molecule has 0 saturated heterocycles. The van der Waals surface area contributed by atoms with Crippen LogP contribution in [-0.4, -0.2) is 25.1 Å². The summed E-state index contributed by atoms with van der Waals surface area (Å²) >= 11 is 0. The molecule has 0 amide bonds. The van der Waals surface area contributed by atoms with Gasteiger partial charge in [0.1, 0.15) is 5.82 Å². The first-order chi connectivity index (χ1) is 13.0. The van der Waals surface area contributed by atoms with E-state index in [0.29, 0.717) is 17.8 Å². The summed E-state index contributed by atoms with van der Waals surface area (Å²) in [7, 11) is -3.77. The van der Waals surface area contributed by atoms with Gasteiger partial charge in [-0.1, -0.05) is 42.5 Å². The van der Waals surface area contributed by atoms with Crippen molar-refractivity contribution in [2.45, 2.75) is 11.3 Å². The maximum atomic E-state index is 12.6. The van der Waals surface area contributed by atoms with Crippen LogP contribution in [0.15, 0.2) is 71.6 Å². The highest BCUT2D eigenvalue weighted by molar-refractivity contribution is 7.92. The predicted octanol–water partition coefficient (Wildman–Crippen LogP) is 3.63. The summed E-state index contributed by atoms with van der Waals surface area (Å²) in [6, 6.07) is 18.6. The second-order valence-electron chi connectivity index (χ2n) is 5.78. The molecule has 3 rings (SSSR count). The number of hydrogen-bond donors (Lipinski definition) is 2. The van der Waals surface area contributed by atoms with Gasteiger partial charge in [-0.2, -0.15) is 0 Å². The van der Waals surface area contributed by atoms with E-state index in [1.54, 1.807) is 42.5 Å². The van der Waals surface area contributed by atoms with Crippen LogP contribution in [0, 0.1) is 6.57 Å². The molecule has 136 valence electrons. The van der Waals surface area contributed by atoms with E-state index < -0.39 is 10.0 Å². The van der Waals surface area contributed by atoms with E-state index in [1.165, 1.54) is 12.1 Å². The van der Waals surface area contributed by atoms with Crippen molar-refractivity contribution in [2.24, 2.45) is 0 Å². The van der Waals surface area contributed by atoms with E-state index in [9.17, 15) is 8.42 Å². The van der Waals surface area contributed by atoms with Gasteiger partial charge in [0.25, 0.3) is 10.0 Å². The number of nitrogens with zero attached hydrogens (tertiary/aromatic N) is 2. The standard InChI is InChI=1S/C20H17N3O3S/c1-21-17-9-5-15(6-10-17)16-7-11-19(12-8-16)27(25,26)23-20-4-2-3-18(22-20)13-14-24/h2-12,24H,13-14H2,(H,22,23). The summed E-state index contributed by atoms with van der Waals surface area (Å²) in [5.41, 5.74) is 2.92. The Bertz CT molecular complexity index is 1070. The predicted molar refractivity (Wildman–Crippen MR) is 104 cm³/mol. The molecule has 1 aromatic heterocycles. The molecule has 0 aliphatic carbocycles. The molecule has 7 heteroatoms. The Morgan fingerprint density at radius 1 is 0.963 bits per heavy atom. The van der Waals surface area contributed by atoms with Crippen molar-refractivity contribution in [2.75, 3.05) is 11.3 Å². The molecule has 0 aliphatic rings. The lowest BCUT2D eigenvalue weighted by atomic mass is 10.1. The summed E-state index contributed by atoms with van der Waals surface area (Å²) in [5.74, 6) is 0.208. The van der Waals surface area contributed by atoms with Gasteiger partial charge in [0.05, 0.1) is 11.5 Å². The number of rotatable bonds is 6.